The van der Waals surface area contributed by atoms with E-state index in [1.54, 1.807) is 12.1 Å². The summed E-state index contributed by atoms with van der Waals surface area (Å²) >= 11 is 6.95. The van der Waals surface area contributed by atoms with Gasteiger partial charge in [0.15, 0.2) is 0 Å². The smallest absolute Gasteiger partial charge is 0.408 e. The maximum absolute atomic E-state index is 14.4. The van der Waals surface area contributed by atoms with E-state index in [1.807, 2.05) is 19.9 Å². The number of fused-ring (bicyclic) bond motifs is 2. The van der Waals surface area contributed by atoms with Crippen molar-refractivity contribution in [1.82, 2.24) is 20.1 Å². The molecule has 8 atom stereocenters. The minimum Gasteiger partial charge on any atom is -0.491 e. The number of carboxylic acids is 1. The van der Waals surface area contributed by atoms with Crippen molar-refractivity contribution in [2.45, 2.75) is 121 Å². The highest BCUT2D eigenvalue weighted by Gasteiger charge is 2.48. The number of ether oxygens (including phenoxy) is 4. The van der Waals surface area contributed by atoms with Crippen LogP contribution in [0.5, 0.6) is 11.5 Å². The number of aliphatic carboxylic acids is 1. The van der Waals surface area contributed by atoms with Crippen molar-refractivity contribution < 1.29 is 43.2 Å². The van der Waals surface area contributed by atoms with Gasteiger partial charge in [0.05, 0.1) is 31.2 Å². The number of carboxylic acid groups (broad SMARTS) is 1. The van der Waals surface area contributed by atoms with E-state index in [1.165, 1.54) is 11.3 Å². The molecule has 3 amide bonds. The van der Waals surface area contributed by atoms with Crippen molar-refractivity contribution in [2.24, 2.45) is 29.4 Å². The Morgan fingerprint density at radius 3 is 2.44 bits per heavy atom. The van der Waals surface area contributed by atoms with Gasteiger partial charge in [-0.2, -0.15) is 0 Å². The number of nitrogens with one attached hydrogen (secondary N) is 2. The van der Waals surface area contributed by atoms with E-state index in [-0.39, 0.29) is 31.0 Å². The first-order valence-electron chi connectivity index (χ1n) is 21.7. The lowest BCUT2D eigenvalue weighted by molar-refractivity contribution is -0.139. The van der Waals surface area contributed by atoms with Gasteiger partial charge in [-0.15, -0.1) is 0 Å². The van der Waals surface area contributed by atoms with E-state index in [2.05, 4.69) is 15.5 Å². The largest absolute Gasteiger partial charge is 0.491 e. The third kappa shape index (κ3) is 11.4. The number of nitrogens with zero attached hydrogens (tertiary/aromatic N) is 3. The van der Waals surface area contributed by atoms with Crippen LogP contribution in [0.2, 0.25) is 5.02 Å². The van der Waals surface area contributed by atoms with E-state index in [0.29, 0.717) is 83.7 Å². The molecule has 15 nitrogen and oxygen atoms in total. The van der Waals surface area contributed by atoms with Crippen LogP contribution in [0.15, 0.2) is 18.2 Å². The SMILES string of the molecule is CC(C)Nc1cc(O[C@@H]2C[C@@H](C(N)=O)N(C(=O)[C@H](CCCCCCC[C@@H]3C[C@@H]3C(=O)O)NC(=O)O[C@@H]3C[C@@H]4C[C@@H]4C3)C2)c2ccc(OCCN3CCOCC3)c(Cl)c2n1. The normalized spacial score (nSPS) is 26.6. The Hall–Kier alpha value is -4.08. The number of halogens is 1. The van der Waals surface area contributed by atoms with Gasteiger partial charge in [0.2, 0.25) is 11.8 Å². The number of alkyl carbamates (subject to hydrolysis) is 1. The fourth-order valence-corrected chi connectivity index (χ4v) is 9.43. The van der Waals surface area contributed by atoms with Crippen LogP contribution < -0.4 is 25.8 Å². The van der Waals surface area contributed by atoms with E-state index in [4.69, 9.17) is 41.3 Å². The number of primary amides is 1. The van der Waals surface area contributed by atoms with Gasteiger partial charge in [-0.3, -0.25) is 19.3 Å². The average molecular weight is 841 g/mol. The van der Waals surface area contributed by atoms with Crippen LogP contribution >= 0.6 is 11.6 Å². The molecule has 3 saturated carbocycles. The standard InChI is InChI=1S/C43H61ClN6O9/c1-25(2)46-37-23-36(31-10-11-35(38(44)39(31)48-37)57-17-14-49-12-15-56-16-13-49)58-30-22-34(40(45)51)50(24-30)41(52)33(47-43(55)59-29-19-27-18-28(27)20-29)9-7-5-3-4-6-8-26-21-32(26)42(53)54/h10-11,23,25-30,32-34H,3-9,12-22,24H2,1-2H3,(H2,45,51)(H,46,48)(H,47,55)(H,53,54)/t26-,27-,28+,29+,30-,32+,33+,34+/m1/s1. The van der Waals surface area contributed by atoms with Crippen LogP contribution in [0.3, 0.4) is 0 Å². The quantitative estimate of drug-likeness (QED) is 0.114. The summed E-state index contributed by atoms with van der Waals surface area (Å²) < 4.78 is 24.0. The topological polar surface area (TPSA) is 195 Å². The summed E-state index contributed by atoms with van der Waals surface area (Å²) in [6.07, 6.45) is 8.16. The molecule has 7 rings (SSSR count). The van der Waals surface area contributed by atoms with Crippen LogP contribution in [0, 0.1) is 23.7 Å². The molecule has 5 aliphatic rings. The Morgan fingerprint density at radius 2 is 1.73 bits per heavy atom. The van der Waals surface area contributed by atoms with Gasteiger partial charge in [-0.1, -0.05) is 43.7 Å². The van der Waals surface area contributed by atoms with Crippen molar-refractivity contribution in [3.05, 3.63) is 23.2 Å². The highest BCUT2D eigenvalue weighted by Crippen LogP contribution is 2.52. The Morgan fingerprint density at radius 1 is 0.983 bits per heavy atom. The summed E-state index contributed by atoms with van der Waals surface area (Å²) in [6, 6.07) is 3.66. The van der Waals surface area contributed by atoms with Crippen molar-refractivity contribution in [3.8, 4) is 11.5 Å². The van der Waals surface area contributed by atoms with Gasteiger partial charge < -0.3 is 45.3 Å². The number of nitrogens with two attached hydrogens (primary N) is 1. The number of amides is 3. The number of likely N-dealkylation sites (tertiary alicyclic amines) is 1. The minimum atomic E-state index is -0.941. The summed E-state index contributed by atoms with van der Waals surface area (Å²) in [6.45, 7) is 8.39. The zero-order valence-electron chi connectivity index (χ0n) is 34.4. The Kier molecular flexibility index (Phi) is 14.2. The summed E-state index contributed by atoms with van der Waals surface area (Å²) in [7, 11) is 0. The number of unbranched alkanes of at least 4 members (excludes halogenated alkanes) is 4. The number of carbonyl (C=O) groups excluding carboxylic acids is 3. The van der Waals surface area contributed by atoms with Gasteiger partial charge >= 0.3 is 12.1 Å². The molecule has 2 aliphatic heterocycles. The van der Waals surface area contributed by atoms with Gasteiger partial charge in [-0.25, -0.2) is 9.78 Å². The second-order valence-corrected chi connectivity index (χ2v) is 17.9. The number of benzene rings is 1. The number of pyridine rings is 1. The fourth-order valence-electron chi connectivity index (χ4n) is 9.17. The highest BCUT2D eigenvalue weighted by atomic mass is 35.5. The molecule has 2 aromatic rings. The van der Waals surface area contributed by atoms with Crippen LogP contribution in [0.4, 0.5) is 10.6 Å². The van der Waals surface area contributed by atoms with Gasteiger partial charge in [-0.05, 0) is 82.3 Å². The third-order valence-corrected chi connectivity index (χ3v) is 13.0. The molecule has 0 radical (unpaired) electrons. The number of hydrogen-bond donors (Lipinski definition) is 4. The van der Waals surface area contributed by atoms with Crippen molar-refractivity contribution >= 4 is 52.2 Å². The minimum absolute atomic E-state index is 0.0585. The lowest BCUT2D eigenvalue weighted by atomic mass is 10.0. The number of aromatic nitrogens is 1. The van der Waals surface area contributed by atoms with Crippen molar-refractivity contribution in [1.29, 1.82) is 0 Å². The molecule has 324 valence electrons. The predicted octanol–water partition coefficient (Wildman–Crippen LogP) is 5.60. The lowest BCUT2D eigenvalue weighted by Gasteiger charge is -2.28. The highest BCUT2D eigenvalue weighted by molar-refractivity contribution is 6.36. The number of morpholine rings is 1. The number of anilines is 1. The van der Waals surface area contributed by atoms with Crippen LogP contribution in [-0.4, -0.2) is 120 Å². The molecular formula is C43H61ClN6O9. The second kappa shape index (κ2) is 19.5. The molecule has 1 aromatic carbocycles. The van der Waals surface area contributed by atoms with Gasteiger partial charge in [0.25, 0.3) is 0 Å². The molecule has 59 heavy (non-hydrogen) atoms. The first kappa shape index (κ1) is 43.0. The molecule has 1 aromatic heterocycles. The molecule has 0 unspecified atom stereocenters. The molecule has 0 spiro atoms. The molecule has 16 heteroatoms. The summed E-state index contributed by atoms with van der Waals surface area (Å²) in [4.78, 5) is 60.2. The molecule has 5 fully saturated rings. The molecule has 2 saturated heterocycles. The third-order valence-electron chi connectivity index (χ3n) is 12.6. The van der Waals surface area contributed by atoms with Crippen molar-refractivity contribution in [2.75, 3.05) is 51.3 Å². The lowest BCUT2D eigenvalue weighted by Crippen LogP contribution is -2.53. The average Bonchev–Trinajstić information content (AvgIpc) is 4.06. The zero-order chi connectivity index (χ0) is 41.6. The van der Waals surface area contributed by atoms with E-state index in [9.17, 15) is 24.3 Å². The maximum Gasteiger partial charge on any atom is 0.408 e. The monoisotopic (exact) mass is 840 g/mol. The zero-order valence-corrected chi connectivity index (χ0v) is 35.1. The van der Waals surface area contributed by atoms with Crippen molar-refractivity contribution in [3.63, 3.8) is 0 Å². The van der Waals surface area contributed by atoms with Crippen LogP contribution in [0.25, 0.3) is 10.9 Å². The summed E-state index contributed by atoms with van der Waals surface area (Å²) in [5.41, 5.74) is 6.42. The van der Waals surface area contributed by atoms with E-state index < -0.39 is 42.1 Å². The summed E-state index contributed by atoms with van der Waals surface area (Å²) in [5.74, 6) is 1.15. The number of carbonyl (C=O) groups is 4. The number of hydrogen-bond acceptors (Lipinski definition) is 11. The van der Waals surface area contributed by atoms with Crippen LogP contribution in [0.1, 0.15) is 90.9 Å². The van der Waals surface area contributed by atoms with Gasteiger partial charge in [0.1, 0.15) is 53.2 Å². The predicted molar refractivity (Wildman–Crippen MR) is 222 cm³/mol. The van der Waals surface area contributed by atoms with Gasteiger partial charge in [0, 0.05) is 43.5 Å². The fraction of sp³-hybridized carbons (Fsp3) is 0.698. The second-order valence-electron chi connectivity index (χ2n) is 17.5. The van der Waals surface area contributed by atoms with Crippen LogP contribution in [-0.2, 0) is 23.9 Å². The molecule has 5 N–H and O–H groups in total. The molecule has 3 aliphatic carbocycles. The molecule has 0 bridgehead atoms. The van der Waals surface area contributed by atoms with E-state index in [0.717, 1.165) is 71.0 Å². The van der Waals surface area contributed by atoms with E-state index >= 15 is 0 Å². The molecule has 3 heterocycles. The summed E-state index contributed by atoms with van der Waals surface area (Å²) in [5, 5.41) is 16.4. The Labute approximate surface area is 351 Å². The Bertz CT molecular complexity index is 1820. The molecular weight excluding hydrogens is 780 g/mol. The number of rotatable bonds is 21. The first-order chi connectivity index (χ1) is 28.4. The first-order valence-corrected chi connectivity index (χ1v) is 22.1. The maximum atomic E-state index is 14.4. The Balaban J connectivity index is 1.01.